The maximum Gasteiger partial charge on any atom is 0.330 e. The number of rotatable bonds is 8. The van der Waals surface area contributed by atoms with Crippen LogP contribution in [-0.4, -0.2) is 91.2 Å². The van der Waals surface area contributed by atoms with Gasteiger partial charge in [0.15, 0.2) is 28.8 Å². The summed E-state index contributed by atoms with van der Waals surface area (Å²) in [6.45, 7) is -0.633. The molecule has 0 radical (unpaired) electrons. The molecule has 0 unspecified atom stereocenters. The van der Waals surface area contributed by atoms with Crippen LogP contribution in [0.25, 0.3) is 28.4 Å². The summed E-state index contributed by atoms with van der Waals surface area (Å²) in [6.07, 6.45) is -6.59. The first-order valence-corrected chi connectivity index (χ1v) is 13.5. The molecule has 1 aromatic heterocycles. The second-order valence-corrected chi connectivity index (χ2v) is 10.1. The SMILES string of the molecule is COc1c(O)cc2oc(-c3ccc(O)c(O)c3)c(O[C@@H]3O[C@H](COC(=O)C=Cc4ccc(O)cc4)[C@@H](O)[C@H](O)[C@H]3O)c(=O)c2c1O. The average Bonchev–Trinajstić information content (AvgIpc) is 3.02. The normalized spacial score (nSPS) is 21.3. The number of aliphatic hydroxyl groups is 3. The molecule has 15 heteroatoms. The molecule has 0 saturated carbocycles. The van der Waals surface area contributed by atoms with Gasteiger partial charge < -0.3 is 64.2 Å². The average molecular weight is 641 g/mol. The largest absolute Gasteiger partial charge is 0.508 e. The Bertz CT molecular complexity index is 1850. The molecular formula is C31H28O15. The maximum atomic E-state index is 13.8. The molecule has 1 aliphatic heterocycles. The molecule has 8 N–H and O–H groups in total. The van der Waals surface area contributed by atoms with E-state index in [-0.39, 0.29) is 16.9 Å². The Labute approximate surface area is 258 Å². The Balaban J connectivity index is 1.47. The summed E-state index contributed by atoms with van der Waals surface area (Å²) in [5, 5.41) is 81.5. The van der Waals surface area contributed by atoms with E-state index in [1.54, 1.807) is 12.1 Å². The zero-order valence-corrected chi connectivity index (χ0v) is 23.8. The highest BCUT2D eigenvalue weighted by molar-refractivity contribution is 5.91. The lowest BCUT2D eigenvalue weighted by Gasteiger charge is -2.39. The first kappa shape index (κ1) is 31.9. The van der Waals surface area contributed by atoms with Gasteiger partial charge in [-0.25, -0.2) is 4.79 Å². The van der Waals surface area contributed by atoms with Crippen molar-refractivity contribution in [3.63, 3.8) is 0 Å². The lowest BCUT2D eigenvalue weighted by molar-refractivity contribution is -0.278. The Morgan fingerprint density at radius 1 is 0.870 bits per heavy atom. The molecule has 3 aromatic carbocycles. The molecule has 1 fully saturated rings. The Morgan fingerprint density at radius 3 is 2.26 bits per heavy atom. The van der Waals surface area contributed by atoms with Crippen molar-refractivity contribution in [3.05, 3.63) is 70.4 Å². The van der Waals surface area contributed by atoms with Crippen molar-refractivity contribution in [1.29, 1.82) is 0 Å². The van der Waals surface area contributed by atoms with E-state index >= 15 is 0 Å². The lowest BCUT2D eigenvalue weighted by Crippen LogP contribution is -2.60. The van der Waals surface area contributed by atoms with Crippen LogP contribution in [0.5, 0.6) is 40.2 Å². The zero-order chi connectivity index (χ0) is 33.3. The van der Waals surface area contributed by atoms with Gasteiger partial charge in [0.25, 0.3) is 0 Å². The van der Waals surface area contributed by atoms with Gasteiger partial charge in [0.1, 0.15) is 47.7 Å². The summed E-state index contributed by atoms with van der Waals surface area (Å²) < 4.78 is 27.2. The van der Waals surface area contributed by atoms with Crippen LogP contribution in [0, 0.1) is 0 Å². The number of aliphatic hydroxyl groups excluding tert-OH is 3. The second kappa shape index (κ2) is 12.9. The minimum absolute atomic E-state index is 0.0336. The van der Waals surface area contributed by atoms with Crippen LogP contribution in [0.2, 0.25) is 0 Å². The molecule has 0 bridgehead atoms. The number of carbonyl (C=O) groups is 1. The predicted molar refractivity (Wildman–Crippen MR) is 157 cm³/mol. The van der Waals surface area contributed by atoms with E-state index in [0.717, 1.165) is 31.4 Å². The van der Waals surface area contributed by atoms with Gasteiger partial charge in [-0.15, -0.1) is 0 Å². The third-order valence-electron chi connectivity index (χ3n) is 7.09. The van der Waals surface area contributed by atoms with Gasteiger partial charge in [0, 0.05) is 17.7 Å². The quantitative estimate of drug-likeness (QED) is 0.0771. The van der Waals surface area contributed by atoms with E-state index in [2.05, 4.69) is 0 Å². The third kappa shape index (κ3) is 6.20. The lowest BCUT2D eigenvalue weighted by atomic mass is 9.99. The molecule has 4 aromatic rings. The number of fused-ring (bicyclic) bond motifs is 1. The van der Waals surface area contributed by atoms with Crippen LogP contribution in [0.3, 0.4) is 0 Å². The van der Waals surface area contributed by atoms with Crippen LogP contribution >= 0.6 is 0 Å². The second-order valence-electron chi connectivity index (χ2n) is 10.1. The molecule has 46 heavy (non-hydrogen) atoms. The summed E-state index contributed by atoms with van der Waals surface area (Å²) in [7, 11) is 1.13. The number of ether oxygens (including phenoxy) is 4. The minimum Gasteiger partial charge on any atom is -0.508 e. The van der Waals surface area contributed by atoms with Crippen LogP contribution in [0.1, 0.15) is 5.56 Å². The predicted octanol–water partition coefficient (Wildman–Crippen LogP) is 1.44. The number of hydrogen-bond donors (Lipinski definition) is 8. The molecule has 2 heterocycles. The van der Waals surface area contributed by atoms with Gasteiger partial charge >= 0.3 is 5.97 Å². The van der Waals surface area contributed by atoms with Gasteiger partial charge in [0.2, 0.25) is 23.2 Å². The third-order valence-corrected chi connectivity index (χ3v) is 7.09. The van der Waals surface area contributed by atoms with Crippen molar-refractivity contribution >= 4 is 23.0 Å². The van der Waals surface area contributed by atoms with E-state index in [9.17, 15) is 50.4 Å². The van der Waals surface area contributed by atoms with Gasteiger partial charge in [-0.1, -0.05) is 12.1 Å². The molecule has 0 amide bonds. The monoisotopic (exact) mass is 640 g/mol. The van der Waals surface area contributed by atoms with E-state index in [1.807, 2.05) is 0 Å². The van der Waals surface area contributed by atoms with Gasteiger partial charge in [0.05, 0.1) is 7.11 Å². The first-order chi connectivity index (χ1) is 21.9. The highest BCUT2D eigenvalue weighted by atomic mass is 16.7. The van der Waals surface area contributed by atoms with E-state index in [4.69, 9.17) is 23.4 Å². The number of esters is 1. The molecule has 15 nitrogen and oxygen atoms in total. The van der Waals surface area contributed by atoms with E-state index in [0.29, 0.717) is 5.56 Å². The molecule has 5 atom stereocenters. The van der Waals surface area contributed by atoms with E-state index < -0.39 is 94.4 Å². The number of aromatic hydroxyl groups is 5. The molecule has 5 rings (SSSR count). The van der Waals surface area contributed by atoms with Gasteiger partial charge in [-0.2, -0.15) is 0 Å². The zero-order valence-electron chi connectivity index (χ0n) is 23.8. The standard InChI is InChI=1S/C31H28O15/c1-42-29-18(35)11-19-22(24(29)38)25(39)30(28(44-19)14-5-8-16(33)17(34)10-14)46-31-27(41)26(40)23(37)20(45-31)12-43-21(36)9-4-13-2-6-15(32)7-3-13/h2-11,20,23,26-27,31-35,37-38,40-41H,12H2,1H3/t20-,23-,26+,27-,31+/m1/s1. The van der Waals surface area contributed by atoms with Crippen LogP contribution in [0.15, 0.2) is 63.8 Å². The van der Waals surface area contributed by atoms with Crippen molar-refractivity contribution in [3.8, 4) is 51.6 Å². The summed E-state index contributed by atoms with van der Waals surface area (Å²) in [5.41, 5.74) is -0.891. The number of phenolic OH excluding ortho intramolecular Hbond substituents is 5. The summed E-state index contributed by atoms with van der Waals surface area (Å²) in [4.78, 5) is 26.1. The molecule has 1 saturated heterocycles. The number of methoxy groups -OCH3 is 1. The molecular weight excluding hydrogens is 612 g/mol. The fraction of sp³-hybridized carbons (Fsp3) is 0.226. The van der Waals surface area contributed by atoms with Crippen LogP contribution in [0.4, 0.5) is 0 Å². The summed E-state index contributed by atoms with van der Waals surface area (Å²) >= 11 is 0. The highest BCUT2D eigenvalue weighted by Crippen LogP contribution is 2.44. The number of hydrogen-bond acceptors (Lipinski definition) is 15. The summed E-state index contributed by atoms with van der Waals surface area (Å²) in [6, 6.07) is 10.2. The van der Waals surface area contributed by atoms with Crippen molar-refractivity contribution in [1.82, 2.24) is 0 Å². The smallest absolute Gasteiger partial charge is 0.330 e. The van der Waals surface area contributed by atoms with Gasteiger partial charge in [-0.3, -0.25) is 4.79 Å². The first-order valence-electron chi connectivity index (χ1n) is 13.5. The molecule has 1 aliphatic rings. The number of phenols is 5. The Hall–Kier alpha value is -5.48. The fourth-order valence-electron chi connectivity index (χ4n) is 4.68. The Morgan fingerprint density at radius 2 is 1.59 bits per heavy atom. The van der Waals surface area contributed by atoms with Crippen LogP contribution < -0.4 is 14.9 Å². The summed E-state index contributed by atoms with van der Waals surface area (Å²) in [5.74, 6) is -4.95. The highest BCUT2D eigenvalue weighted by Gasteiger charge is 2.46. The fourth-order valence-corrected chi connectivity index (χ4v) is 4.68. The topological polar surface area (TPSA) is 246 Å². The molecule has 0 spiro atoms. The number of benzene rings is 3. The van der Waals surface area contributed by atoms with Crippen molar-refractivity contribution in [2.24, 2.45) is 0 Å². The van der Waals surface area contributed by atoms with Crippen molar-refractivity contribution in [2.45, 2.75) is 30.7 Å². The number of carbonyl (C=O) groups excluding carboxylic acids is 1. The van der Waals surface area contributed by atoms with Crippen molar-refractivity contribution in [2.75, 3.05) is 13.7 Å². The maximum absolute atomic E-state index is 13.8. The van der Waals surface area contributed by atoms with E-state index in [1.165, 1.54) is 24.3 Å². The van der Waals surface area contributed by atoms with Gasteiger partial charge in [-0.05, 0) is 42.0 Å². The molecule has 0 aliphatic carbocycles. The Kier molecular flexibility index (Phi) is 8.93. The minimum atomic E-state index is -1.98. The molecule has 242 valence electrons. The van der Waals surface area contributed by atoms with Crippen molar-refractivity contribution < 1.29 is 69.0 Å². The van der Waals surface area contributed by atoms with Crippen LogP contribution in [-0.2, 0) is 14.3 Å².